The zero-order chi connectivity index (χ0) is 13.0. The Morgan fingerprint density at radius 3 is 2.44 bits per heavy atom. The highest BCUT2D eigenvalue weighted by Crippen LogP contribution is 2.25. The maximum atomic E-state index is 8.83. The molecule has 0 radical (unpaired) electrons. The van der Waals surface area contributed by atoms with Gasteiger partial charge in [0.2, 0.25) is 0 Å². The molecule has 3 N–H and O–H groups in total. The Balaban J connectivity index is 2.31. The van der Waals surface area contributed by atoms with E-state index in [1.165, 1.54) is 11.1 Å². The molecule has 0 atom stereocenters. The van der Waals surface area contributed by atoms with Crippen LogP contribution < -0.4 is 10.8 Å². The molecule has 0 aliphatic rings. The molecule has 0 heterocycles. The van der Waals surface area contributed by atoms with Crippen molar-refractivity contribution in [2.75, 3.05) is 5.32 Å². The van der Waals surface area contributed by atoms with Crippen molar-refractivity contribution in [2.24, 2.45) is 0 Å². The lowest BCUT2D eigenvalue weighted by molar-refractivity contribution is 0.161. The lowest BCUT2D eigenvalue weighted by Crippen LogP contribution is -2.08. The van der Waals surface area contributed by atoms with Crippen molar-refractivity contribution in [3.63, 3.8) is 0 Å². The van der Waals surface area contributed by atoms with Crippen LogP contribution in [-0.2, 0) is 6.54 Å². The molecule has 0 fully saturated rings. The number of hydrogen-bond acceptors (Lipinski definition) is 3. The van der Waals surface area contributed by atoms with E-state index in [0.29, 0.717) is 6.54 Å². The molecule has 2 aromatic rings. The third-order valence-corrected chi connectivity index (χ3v) is 3.16. The number of rotatable bonds is 4. The molecule has 0 aliphatic heterocycles. The predicted molar refractivity (Wildman–Crippen MR) is 74.3 cm³/mol. The molecule has 0 aliphatic carbocycles. The fourth-order valence-electron chi connectivity index (χ4n) is 1.91. The third-order valence-electron chi connectivity index (χ3n) is 3.16. The van der Waals surface area contributed by atoms with Gasteiger partial charge in [0, 0.05) is 17.9 Å². The molecular formula is C15H18N2O. The Labute approximate surface area is 107 Å². The van der Waals surface area contributed by atoms with Crippen molar-refractivity contribution in [3.05, 3.63) is 59.2 Å². The smallest absolute Gasteiger partial charge is 0.0478 e. The number of hydrogen-bond donors (Lipinski definition) is 3. The number of para-hydroxylation sites is 1. The molecule has 0 spiro atoms. The minimum absolute atomic E-state index is 0.425. The van der Waals surface area contributed by atoms with Crippen LogP contribution in [0.1, 0.15) is 16.7 Å². The number of aryl methyl sites for hydroxylation is 1. The van der Waals surface area contributed by atoms with Crippen LogP contribution in [-0.4, -0.2) is 5.21 Å². The Morgan fingerprint density at radius 1 is 0.944 bits per heavy atom. The van der Waals surface area contributed by atoms with Gasteiger partial charge in [0.1, 0.15) is 0 Å². The Morgan fingerprint density at radius 2 is 1.67 bits per heavy atom. The van der Waals surface area contributed by atoms with Crippen molar-refractivity contribution in [3.8, 4) is 0 Å². The fraction of sp³-hybridized carbons (Fsp3) is 0.200. The topological polar surface area (TPSA) is 44.3 Å². The van der Waals surface area contributed by atoms with E-state index >= 15 is 0 Å². The van der Waals surface area contributed by atoms with E-state index in [1.54, 1.807) is 0 Å². The first kappa shape index (κ1) is 12.6. The number of hydroxylamine groups is 1. The van der Waals surface area contributed by atoms with Gasteiger partial charge in [-0.1, -0.05) is 30.3 Å². The van der Waals surface area contributed by atoms with Gasteiger partial charge < -0.3 is 10.5 Å². The van der Waals surface area contributed by atoms with E-state index < -0.39 is 0 Å². The van der Waals surface area contributed by atoms with Gasteiger partial charge in [0.15, 0.2) is 0 Å². The number of benzene rings is 2. The van der Waals surface area contributed by atoms with Crippen LogP contribution in [0.5, 0.6) is 0 Å². The molecule has 0 aromatic heterocycles. The molecule has 94 valence electrons. The average molecular weight is 242 g/mol. The normalized spacial score (nSPS) is 10.4. The minimum atomic E-state index is 0.425. The van der Waals surface area contributed by atoms with E-state index in [4.69, 9.17) is 5.21 Å². The lowest BCUT2D eigenvalue weighted by Gasteiger charge is -2.14. The largest absolute Gasteiger partial charge is 0.355 e. The summed E-state index contributed by atoms with van der Waals surface area (Å²) in [6.45, 7) is 4.63. The quantitative estimate of drug-likeness (QED) is 0.719. The average Bonchev–Trinajstić information content (AvgIpc) is 2.37. The molecule has 2 rings (SSSR count). The summed E-state index contributed by atoms with van der Waals surface area (Å²) in [5.41, 5.74) is 7.83. The van der Waals surface area contributed by atoms with Gasteiger partial charge >= 0.3 is 0 Å². The Bertz CT molecular complexity index is 538. The summed E-state index contributed by atoms with van der Waals surface area (Å²) >= 11 is 0. The molecule has 3 heteroatoms. The predicted octanol–water partition coefficient (Wildman–Crippen LogP) is 3.53. The summed E-state index contributed by atoms with van der Waals surface area (Å²) in [5.74, 6) is 0. The molecule has 0 saturated heterocycles. The maximum absolute atomic E-state index is 8.83. The highest BCUT2D eigenvalue weighted by molar-refractivity contribution is 5.66. The first-order valence-electron chi connectivity index (χ1n) is 6.00. The summed E-state index contributed by atoms with van der Waals surface area (Å²) in [7, 11) is 0. The van der Waals surface area contributed by atoms with E-state index in [1.807, 2.05) is 30.3 Å². The van der Waals surface area contributed by atoms with E-state index in [0.717, 1.165) is 16.9 Å². The highest BCUT2D eigenvalue weighted by atomic mass is 16.5. The zero-order valence-corrected chi connectivity index (χ0v) is 10.7. The standard InChI is InChI=1S/C15H18N2O/c1-11-6-5-9-14(12(11)2)17-15-8-4-3-7-13(15)10-16-18/h3-9,16-18H,10H2,1-2H3. The molecule has 0 amide bonds. The summed E-state index contributed by atoms with van der Waals surface area (Å²) < 4.78 is 0. The van der Waals surface area contributed by atoms with Crippen molar-refractivity contribution >= 4 is 11.4 Å². The minimum Gasteiger partial charge on any atom is -0.355 e. The van der Waals surface area contributed by atoms with Crippen LogP contribution in [0.2, 0.25) is 0 Å². The Kier molecular flexibility index (Phi) is 3.97. The second-order valence-corrected chi connectivity index (χ2v) is 4.36. The molecule has 0 unspecified atom stereocenters. The van der Waals surface area contributed by atoms with Gasteiger partial charge in [0.25, 0.3) is 0 Å². The highest BCUT2D eigenvalue weighted by Gasteiger charge is 2.04. The fourth-order valence-corrected chi connectivity index (χ4v) is 1.91. The molecule has 0 bridgehead atoms. The molecule has 3 nitrogen and oxygen atoms in total. The van der Waals surface area contributed by atoms with Crippen molar-refractivity contribution < 1.29 is 5.21 Å². The maximum Gasteiger partial charge on any atom is 0.0478 e. The van der Waals surface area contributed by atoms with E-state index in [-0.39, 0.29) is 0 Å². The monoisotopic (exact) mass is 242 g/mol. The van der Waals surface area contributed by atoms with Crippen LogP contribution >= 0.6 is 0 Å². The van der Waals surface area contributed by atoms with Crippen LogP contribution in [0.4, 0.5) is 11.4 Å². The van der Waals surface area contributed by atoms with Gasteiger partial charge in [-0.15, -0.1) is 0 Å². The van der Waals surface area contributed by atoms with Crippen LogP contribution in [0.25, 0.3) is 0 Å². The van der Waals surface area contributed by atoms with Gasteiger partial charge in [-0.25, -0.2) is 5.48 Å². The van der Waals surface area contributed by atoms with Crippen molar-refractivity contribution in [1.29, 1.82) is 0 Å². The SMILES string of the molecule is Cc1cccc(Nc2ccccc2CNO)c1C. The van der Waals surface area contributed by atoms with Crippen LogP contribution in [0.15, 0.2) is 42.5 Å². The van der Waals surface area contributed by atoms with Gasteiger partial charge in [0.05, 0.1) is 0 Å². The second-order valence-electron chi connectivity index (χ2n) is 4.36. The number of nitrogens with one attached hydrogen (secondary N) is 2. The summed E-state index contributed by atoms with van der Waals surface area (Å²) in [5, 5.41) is 12.2. The van der Waals surface area contributed by atoms with Gasteiger partial charge in [-0.05, 0) is 42.7 Å². The lowest BCUT2D eigenvalue weighted by atomic mass is 10.1. The van der Waals surface area contributed by atoms with Crippen molar-refractivity contribution in [2.45, 2.75) is 20.4 Å². The summed E-state index contributed by atoms with van der Waals surface area (Å²) in [6.07, 6.45) is 0. The number of anilines is 2. The zero-order valence-electron chi connectivity index (χ0n) is 10.7. The van der Waals surface area contributed by atoms with E-state index in [2.05, 4.69) is 36.8 Å². The van der Waals surface area contributed by atoms with Crippen LogP contribution in [0, 0.1) is 13.8 Å². The first-order valence-corrected chi connectivity index (χ1v) is 6.00. The van der Waals surface area contributed by atoms with E-state index in [9.17, 15) is 0 Å². The molecule has 2 aromatic carbocycles. The van der Waals surface area contributed by atoms with Crippen LogP contribution in [0.3, 0.4) is 0 Å². The molecule has 18 heavy (non-hydrogen) atoms. The third kappa shape index (κ3) is 2.70. The second kappa shape index (κ2) is 5.67. The van der Waals surface area contributed by atoms with Crippen molar-refractivity contribution in [1.82, 2.24) is 5.48 Å². The molecule has 0 saturated carbocycles. The Hall–Kier alpha value is -1.84. The summed E-state index contributed by atoms with van der Waals surface area (Å²) in [6, 6.07) is 14.1. The molecular weight excluding hydrogens is 224 g/mol. The summed E-state index contributed by atoms with van der Waals surface area (Å²) in [4.78, 5) is 0. The van der Waals surface area contributed by atoms with Gasteiger partial charge in [-0.2, -0.15) is 0 Å². The first-order chi connectivity index (χ1) is 8.72. The van der Waals surface area contributed by atoms with Gasteiger partial charge in [-0.3, -0.25) is 0 Å².